The molecule has 0 radical (unpaired) electrons. The van der Waals surface area contributed by atoms with Crippen LogP contribution in [0.4, 0.5) is 5.69 Å². The van der Waals surface area contributed by atoms with Crippen molar-refractivity contribution in [1.82, 2.24) is 14.9 Å². The van der Waals surface area contributed by atoms with E-state index in [1.54, 1.807) is 0 Å². The van der Waals surface area contributed by atoms with Crippen molar-refractivity contribution in [2.45, 2.75) is 39.3 Å². The van der Waals surface area contributed by atoms with Gasteiger partial charge in [-0.1, -0.05) is 41.1 Å². The zero-order chi connectivity index (χ0) is 23.8. The summed E-state index contributed by atoms with van der Waals surface area (Å²) in [5.74, 6) is 0. The van der Waals surface area contributed by atoms with Gasteiger partial charge < -0.3 is 14.8 Å². The minimum Gasteiger partial charge on any atom is -0.351 e. The van der Waals surface area contributed by atoms with E-state index < -0.39 is 0 Å². The second-order valence-electron chi connectivity index (χ2n) is 8.65. The summed E-state index contributed by atoms with van der Waals surface area (Å²) in [6.07, 6.45) is 2.88. The Kier molecular flexibility index (Phi) is 6.28. The lowest BCUT2D eigenvalue weighted by molar-refractivity contribution is 0.565. The van der Waals surface area contributed by atoms with Crippen molar-refractivity contribution in [3.05, 3.63) is 112 Å². The molecule has 1 saturated heterocycles. The number of aromatic nitrogens is 2. The molecule has 1 fully saturated rings. The average Bonchev–Trinajstić information content (AvgIpc) is 3.35. The molecule has 34 heavy (non-hydrogen) atoms. The Bertz CT molecular complexity index is 1310. The van der Waals surface area contributed by atoms with Crippen LogP contribution in [-0.2, 0) is 6.42 Å². The van der Waals surface area contributed by atoms with E-state index in [4.69, 9.17) is 12.2 Å². The molecule has 172 valence electrons. The number of nitrogens with one attached hydrogen (secondary N) is 1. The molecule has 1 N–H and O–H groups in total. The molecule has 1 aliphatic heterocycles. The molecule has 4 nitrogen and oxygen atoms in total. The van der Waals surface area contributed by atoms with E-state index in [9.17, 15) is 0 Å². The van der Waals surface area contributed by atoms with Gasteiger partial charge in [-0.15, -0.1) is 0 Å². The fraction of sp³-hybridized carbons (Fsp3) is 0.214. The third-order valence-corrected chi connectivity index (χ3v) is 7.44. The molecule has 0 aliphatic carbocycles. The lowest BCUT2D eigenvalue weighted by atomic mass is 9.96. The minimum absolute atomic E-state index is 0.0292. The summed E-state index contributed by atoms with van der Waals surface area (Å²) >= 11 is 9.44. The number of benzene rings is 2. The van der Waals surface area contributed by atoms with Crippen LogP contribution in [0.15, 0.2) is 83.5 Å². The summed E-state index contributed by atoms with van der Waals surface area (Å²) in [5, 5.41) is 4.27. The number of aryl methyl sites for hydroxylation is 2. The quantitative estimate of drug-likeness (QED) is 0.282. The largest absolute Gasteiger partial charge is 0.351 e. The first-order valence-corrected chi connectivity index (χ1v) is 12.7. The zero-order valence-electron chi connectivity index (χ0n) is 19.5. The van der Waals surface area contributed by atoms with Crippen molar-refractivity contribution in [2.24, 2.45) is 0 Å². The molecule has 2 aromatic carbocycles. The highest BCUT2D eigenvalue weighted by molar-refractivity contribution is 9.10. The van der Waals surface area contributed by atoms with Crippen LogP contribution in [0.2, 0.25) is 0 Å². The molecule has 0 bridgehead atoms. The predicted molar refractivity (Wildman–Crippen MR) is 147 cm³/mol. The summed E-state index contributed by atoms with van der Waals surface area (Å²) in [4.78, 5) is 6.92. The number of pyridine rings is 1. The van der Waals surface area contributed by atoms with Gasteiger partial charge in [-0.3, -0.25) is 4.98 Å². The van der Waals surface area contributed by atoms with Crippen molar-refractivity contribution in [3.8, 4) is 5.69 Å². The van der Waals surface area contributed by atoms with Crippen LogP contribution in [0.25, 0.3) is 5.69 Å². The number of rotatable bonds is 5. The Balaban J connectivity index is 1.65. The van der Waals surface area contributed by atoms with Gasteiger partial charge in [-0.2, -0.15) is 0 Å². The van der Waals surface area contributed by atoms with Gasteiger partial charge in [0.25, 0.3) is 0 Å². The van der Waals surface area contributed by atoms with Gasteiger partial charge in [-0.05, 0) is 98.2 Å². The molecule has 5 rings (SSSR count). The number of anilines is 1. The summed E-state index contributed by atoms with van der Waals surface area (Å²) in [6, 6.07) is 25.4. The summed E-state index contributed by atoms with van der Waals surface area (Å²) in [5.41, 5.74) is 8.20. The maximum Gasteiger partial charge on any atom is 0.174 e. The number of hydrogen-bond donors (Lipinski definition) is 1. The monoisotopic (exact) mass is 530 g/mol. The van der Waals surface area contributed by atoms with Gasteiger partial charge in [0.2, 0.25) is 0 Å². The molecule has 3 heterocycles. The van der Waals surface area contributed by atoms with Crippen molar-refractivity contribution in [2.75, 3.05) is 4.90 Å². The number of thiocarbonyl (C=S) groups is 1. The van der Waals surface area contributed by atoms with E-state index in [-0.39, 0.29) is 12.1 Å². The standard InChI is InChI=1S/C28H27BrN4S/c1-4-20-8-12-22(13-9-20)32-18(2)17-24(19(32)3)27-26(25-7-5-6-16-30-25)31-28(34)33(27)23-14-10-21(29)11-15-23/h5-17,26-27H,4H2,1-3H3,(H,31,34)/t26-,27-/m1/s1. The number of halogens is 1. The molecule has 1 aliphatic rings. The van der Waals surface area contributed by atoms with Crippen molar-refractivity contribution in [1.29, 1.82) is 0 Å². The highest BCUT2D eigenvalue weighted by Crippen LogP contribution is 2.43. The van der Waals surface area contributed by atoms with Crippen LogP contribution >= 0.6 is 28.1 Å². The summed E-state index contributed by atoms with van der Waals surface area (Å²) < 4.78 is 3.38. The highest BCUT2D eigenvalue weighted by atomic mass is 79.9. The van der Waals surface area contributed by atoms with Crippen LogP contribution in [0.3, 0.4) is 0 Å². The molecular weight excluding hydrogens is 504 g/mol. The fourth-order valence-electron chi connectivity index (χ4n) is 4.92. The van der Waals surface area contributed by atoms with Gasteiger partial charge in [0.1, 0.15) is 0 Å². The second kappa shape index (κ2) is 9.35. The predicted octanol–water partition coefficient (Wildman–Crippen LogP) is 6.99. The molecule has 4 aromatic rings. The maximum absolute atomic E-state index is 5.88. The Morgan fingerprint density at radius 1 is 0.971 bits per heavy atom. The summed E-state index contributed by atoms with van der Waals surface area (Å²) in [6.45, 7) is 6.56. The normalized spacial score (nSPS) is 17.8. The molecule has 0 unspecified atom stereocenters. The molecule has 0 amide bonds. The van der Waals surface area contributed by atoms with Crippen molar-refractivity contribution >= 4 is 38.9 Å². The third kappa shape index (κ3) is 4.05. The van der Waals surface area contributed by atoms with Crippen LogP contribution in [0.1, 0.15) is 47.2 Å². The molecule has 0 spiro atoms. The van der Waals surface area contributed by atoms with Crippen LogP contribution < -0.4 is 10.2 Å². The Morgan fingerprint density at radius 3 is 2.32 bits per heavy atom. The smallest absolute Gasteiger partial charge is 0.174 e. The highest BCUT2D eigenvalue weighted by Gasteiger charge is 2.42. The fourth-order valence-corrected chi connectivity index (χ4v) is 5.53. The first-order chi connectivity index (χ1) is 16.5. The van der Waals surface area contributed by atoms with E-state index in [0.717, 1.165) is 22.3 Å². The van der Waals surface area contributed by atoms with Gasteiger partial charge in [0.15, 0.2) is 5.11 Å². The van der Waals surface area contributed by atoms with Crippen molar-refractivity contribution < 1.29 is 0 Å². The number of hydrogen-bond acceptors (Lipinski definition) is 2. The maximum atomic E-state index is 5.88. The SMILES string of the molecule is CCc1ccc(-n2c(C)cc([C@@H]3[C@@H](c4ccccn4)NC(=S)N3c3ccc(Br)cc3)c2C)cc1. The van der Waals surface area contributed by atoms with E-state index in [1.165, 1.54) is 28.2 Å². The third-order valence-electron chi connectivity index (χ3n) is 6.59. The first-order valence-electron chi connectivity index (χ1n) is 11.5. The lowest BCUT2D eigenvalue weighted by Crippen LogP contribution is -2.29. The Morgan fingerprint density at radius 2 is 1.68 bits per heavy atom. The van der Waals surface area contributed by atoms with E-state index in [0.29, 0.717) is 5.11 Å². The minimum atomic E-state index is -0.0613. The second-order valence-corrected chi connectivity index (χ2v) is 9.96. The van der Waals surface area contributed by atoms with Crippen LogP contribution in [0, 0.1) is 13.8 Å². The molecule has 6 heteroatoms. The van der Waals surface area contributed by atoms with Gasteiger partial charge in [0, 0.05) is 33.4 Å². The molecular formula is C28H27BrN4S. The summed E-state index contributed by atoms with van der Waals surface area (Å²) in [7, 11) is 0. The number of nitrogens with zero attached hydrogens (tertiary/aromatic N) is 3. The van der Waals surface area contributed by atoms with Gasteiger partial charge in [-0.25, -0.2) is 0 Å². The first kappa shape index (κ1) is 22.8. The Labute approximate surface area is 214 Å². The average molecular weight is 532 g/mol. The Hall–Kier alpha value is -2.96. The molecule has 2 atom stereocenters. The zero-order valence-corrected chi connectivity index (χ0v) is 21.9. The molecule has 2 aromatic heterocycles. The van der Waals surface area contributed by atoms with Crippen molar-refractivity contribution in [3.63, 3.8) is 0 Å². The van der Waals surface area contributed by atoms with E-state index in [2.05, 4.69) is 117 Å². The van der Waals surface area contributed by atoms with E-state index >= 15 is 0 Å². The lowest BCUT2D eigenvalue weighted by Gasteiger charge is -2.28. The van der Waals surface area contributed by atoms with Crippen LogP contribution in [0.5, 0.6) is 0 Å². The van der Waals surface area contributed by atoms with Gasteiger partial charge in [0.05, 0.1) is 17.8 Å². The molecule has 0 saturated carbocycles. The topological polar surface area (TPSA) is 33.1 Å². The van der Waals surface area contributed by atoms with Crippen LogP contribution in [-0.4, -0.2) is 14.7 Å². The van der Waals surface area contributed by atoms with E-state index in [1.807, 2.05) is 18.3 Å². The van der Waals surface area contributed by atoms with Gasteiger partial charge >= 0.3 is 0 Å².